The summed E-state index contributed by atoms with van der Waals surface area (Å²) in [6.45, 7) is 3.48. The molecule has 0 aliphatic carbocycles. The summed E-state index contributed by atoms with van der Waals surface area (Å²) in [5.41, 5.74) is 0. The number of halogens is 1. The van der Waals surface area contributed by atoms with Crippen LogP contribution in [0.25, 0.3) is 0 Å². The summed E-state index contributed by atoms with van der Waals surface area (Å²) < 4.78 is 5.11. The van der Waals surface area contributed by atoms with Crippen LogP contribution >= 0.6 is 11.6 Å². The van der Waals surface area contributed by atoms with Crippen molar-refractivity contribution in [2.75, 3.05) is 0 Å². The molecule has 1 aromatic carbocycles. The molecule has 0 aliphatic heterocycles. The molecule has 0 heterocycles. The van der Waals surface area contributed by atoms with Gasteiger partial charge in [0.1, 0.15) is 5.75 Å². The molecule has 1 radical (unpaired) electrons. The molecule has 0 fully saturated rings. The number of hydrogen-bond acceptors (Lipinski definition) is 1. The standard InChI is InChI=1S/C9H8ClO/c1-2-7-11-9-6-4-3-5-8(9)10/h2-7H,1H2. The van der Waals surface area contributed by atoms with E-state index in [1.54, 1.807) is 18.2 Å². The molecule has 1 nitrogen and oxygen atoms in total. The molecule has 0 N–H and O–H groups in total. The quantitative estimate of drug-likeness (QED) is 0.616. The van der Waals surface area contributed by atoms with Crippen LogP contribution in [0.15, 0.2) is 36.6 Å². The Bertz CT molecular complexity index is 255. The van der Waals surface area contributed by atoms with Gasteiger partial charge >= 0.3 is 0 Å². The van der Waals surface area contributed by atoms with Crippen LogP contribution in [-0.4, -0.2) is 0 Å². The van der Waals surface area contributed by atoms with Crippen molar-refractivity contribution in [1.82, 2.24) is 0 Å². The van der Waals surface area contributed by atoms with Crippen molar-refractivity contribution >= 4 is 11.6 Å². The summed E-state index contributed by atoms with van der Waals surface area (Å²) in [5.74, 6) is 0.647. The molecule has 57 valence electrons. The molecule has 0 saturated heterocycles. The highest BCUT2D eigenvalue weighted by Gasteiger charge is 1.95. The maximum atomic E-state index is 5.78. The van der Waals surface area contributed by atoms with Crippen LogP contribution in [0, 0.1) is 6.92 Å². The number of benzene rings is 1. The Kier molecular flexibility index (Phi) is 2.99. The molecule has 0 aliphatic rings. The second-order valence-electron chi connectivity index (χ2n) is 1.92. The van der Waals surface area contributed by atoms with Gasteiger partial charge in [-0.2, -0.15) is 0 Å². The highest BCUT2D eigenvalue weighted by molar-refractivity contribution is 6.32. The van der Waals surface area contributed by atoms with Crippen LogP contribution in [-0.2, 0) is 0 Å². The van der Waals surface area contributed by atoms with Gasteiger partial charge in [0.15, 0.2) is 0 Å². The first-order chi connectivity index (χ1) is 5.34. The fraction of sp³-hybridized carbons (Fsp3) is 0. The Morgan fingerprint density at radius 3 is 2.73 bits per heavy atom. The van der Waals surface area contributed by atoms with Gasteiger partial charge < -0.3 is 4.74 Å². The fourth-order valence-corrected chi connectivity index (χ4v) is 0.842. The molecular formula is C9H8ClO. The van der Waals surface area contributed by atoms with Crippen LogP contribution in [0.2, 0.25) is 5.02 Å². The molecule has 0 amide bonds. The first-order valence-electron chi connectivity index (χ1n) is 3.20. The summed E-state index contributed by atoms with van der Waals surface area (Å²) in [6.07, 6.45) is 3.05. The zero-order valence-electron chi connectivity index (χ0n) is 5.96. The van der Waals surface area contributed by atoms with Crippen molar-refractivity contribution < 1.29 is 4.74 Å². The number of hydrogen-bond donors (Lipinski definition) is 0. The third-order valence-electron chi connectivity index (χ3n) is 1.13. The van der Waals surface area contributed by atoms with Crippen molar-refractivity contribution in [3.63, 3.8) is 0 Å². The van der Waals surface area contributed by atoms with E-state index in [0.29, 0.717) is 10.8 Å². The average Bonchev–Trinajstić information content (AvgIpc) is 2.03. The molecule has 0 spiro atoms. The summed E-state index contributed by atoms with van der Waals surface area (Å²) in [5, 5.41) is 0.602. The van der Waals surface area contributed by atoms with Crippen LogP contribution in [0.3, 0.4) is 0 Å². The van der Waals surface area contributed by atoms with E-state index in [1.807, 2.05) is 12.1 Å². The molecule has 0 aromatic heterocycles. The lowest BCUT2D eigenvalue weighted by atomic mass is 10.3. The van der Waals surface area contributed by atoms with Gasteiger partial charge in [-0.3, -0.25) is 0 Å². The van der Waals surface area contributed by atoms with Crippen molar-refractivity contribution in [2.24, 2.45) is 0 Å². The summed E-state index contributed by atoms with van der Waals surface area (Å²) in [6, 6.07) is 7.28. The van der Waals surface area contributed by atoms with E-state index >= 15 is 0 Å². The van der Waals surface area contributed by atoms with Gasteiger partial charge in [-0.1, -0.05) is 23.7 Å². The lowest BCUT2D eigenvalue weighted by Gasteiger charge is -2.00. The van der Waals surface area contributed by atoms with Crippen molar-refractivity contribution in [3.05, 3.63) is 48.5 Å². The number of para-hydroxylation sites is 1. The van der Waals surface area contributed by atoms with Crippen LogP contribution < -0.4 is 4.74 Å². The number of rotatable bonds is 2. The fourth-order valence-electron chi connectivity index (χ4n) is 0.662. The molecular weight excluding hydrogens is 160 g/mol. The second kappa shape index (κ2) is 4.04. The Morgan fingerprint density at radius 2 is 2.09 bits per heavy atom. The Balaban J connectivity index is 2.77. The van der Waals surface area contributed by atoms with Crippen LogP contribution in [0.5, 0.6) is 5.75 Å². The minimum absolute atomic E-state index is 0.602. The van der Waals surface area contributed by atoms with Gasteiger partial charge in [-0.25, -0.2) is 0 Å². The van der Waals surface area contributed by atoms with Gasteiger partial charge in [0.2, 0.25) is 0 Å². The van der Waals surface area contributed by atoms with Gasteiger partial charge in [-0.15, -0.1) is 0 Å². The predicted octanol–water partition coefficient (Wildman–Crippen LogP) is 3.07. The third kappa shape index (κ3) is 2.28. The molecule has 1 rings (SSSR count). The predicted molar refractivity (Wildman–Crippen MR) is 46.6 cm³/mol. The molecule has 2 heteroatoms. The maximum absolute atomic E-state index is 5.78. The number of ether oxygens (including phenoxy) is 1. The second-order valence-corrected chi connectivity index (χ2v) is 2.33. The van der Waals surface area contributed by atoms with Crippen LogP contribution in [0.4, 0.5) is 0 Å². The van der Waals surface area contributed by atoms with Crippen molar-refractivity contribution in [1.29, 1.82) is 0 Å². The molecule has 0 saturated carbocycles. The van der Waals surface area contributed by atoms with E-state index in [2.05, 4.69) is 6.92 Å². The molecule has 11 heavy (non-hydrogen) atoms. The average molecular weight is 168 g/mol. The Hall–Kier alpha value is -0.950. The largest absolute Gasteiger partial charge is 0.464 e. The smallest absolute Gasteiger partial charge is 0.145 e. The first-order valence-corrected chi connectivity index (χ1v) is 3.58. The SMILES string of the molecule is [CH2]C=COc1ccccc1Cl. The van der Waals surface area contributed by atoms with E-state index in [9.17, 15) is 0 Å². The van der Waals surface area contributed by atoms with Gasteiger partial charge in [-0.05, 0) is 25.1 Å². The summed E-state index contributed by atoms with van der Waals surface area (Å²) >= 11 is 5.78. The Morgan fingerprint density at radius 1 is 1.36 bits per heavy atom. The zero-order valence-corrected chi connectivity index (χ0v) is 6.71. The molecule has 0 bridgehead atoms. The number of allylic oxidation sites excluding steroid dienone is 1. The Labute approximate surface area is 71.3 Å². The lowest BCUT2D eigenvalue weighted by Crippen LogP contribution is -1.81. The van der Waals surface area contributed by atoms with Gasteiger partial charge in [0, 0.05) is 0 Å². The third-order valence-corrected chi connectivity index (χ3v) is 1.44. The summed E-state index contributed by atoms with van der Waals surface area (Å²) in [4.78, 5) is 0. The lowest BCUT2D eigenvalue weighted by molar-refractivity contribution is 0.481. The normalized spacial score (nSPS) is 10.4. The van der Waals surface area contributed by atoms with Gasteiger partial charge in [0.25, 0.3) is 0 Å². The van der Waals surface area contributed by atoms with E-state index in [0.717, 1.165) is 0 Å². The molecule has 0 atom stereocenters. The van der Waals surface area contributed by atoms with E-state index < -0.39 is 0 Å². The first kappa shape index (κ1) is 8.15. The zero-order chi connectivity index (χ0) is 8.10. The maximum Gasteiger partial charge on any atom is 0.145 e. The van der Waals surface area contributed by atoms with Crippen molar-refractivity contribution in [3.8, 4) is 5.75 Å². The van der Waals surface area contributed by atoms with Crippen molar-refractivity contribution in [2.45, 2.75) is 0 Å². The summed E-state index contributed by atoms with van der Waals surface area (Å²) in [7, 11) is 0. The molecule has 1 aromatic rings. The molecule has 0 unspecified atom stereocenters. The minimum atomic E-state index is 0.602. The van der Waals surface area contributed by atoms with E-state index in [1.165, 1.54) is 6.26 Å². The minimum Gasteiger partial charge on any atom is -0.464 e. The van der Waals surface area contributed by atoms with Gasteiger partial charge in [0.05, 0.1) is 11.3 Å². The monoisotopic (exact) mass is 167 g/mol. The van der Waals surface area contributed by atoms with E-state index in [-0.39, 0.29) is 0 Å². The highest BCUT2D eigenvalue weighted by atomic mass is 35.5. The highest BCUT2D eigenvalue weighted by Crippen LogP contribution is 2.22. The topological polar surface area (TPSA) is 9.23 Å². The van der Waals surface area contributed by atoms with E-state index in [4.69, 9.17) is 16.3 Å². The van der Waals surface area contributed by atoms with Crippen LogP contribution in [0.1, 0.15) is 0 Å².